The van der Waals surface area contributed by atoms with Gasteiger partial charge in [-0.05, 0) is 24.6 Å². The third-order valence-corrected chi connectivity index (χ3v) is 3.21. The topological polar surface area (TPSA) is 70.1 Å². The zero-order chi connectivity index (χ0) is 12.3. The van der Waals surface area contributed by atoms with E-state index in [0.717, 1.165) is 18.5 Å². The maximum absolute atomic E-state index is 11.1. The number of nitrogens with two attached hydrogens (primary N) is 1. The highest BCUT2D eigenvalue weighted by molar-refractivity contribution is 5.77. The van der Waals surface area contributed by atoms with E-state index in [4.69, 9.17) is 11.0 Å². The fourth-order valence-electron chi connectivity index (χ4n) is 2.22. The first-order valence-corrected chi connectivity index (χ1v) is 5.70. The number of carbonyl (C=O) groups is 1. The molecular formula is C13H15N3O. The van der Waals surface area contributed by atoms with Gasteiger partial charge in [0.2, 0.25) is 5.91 Å². The molecule has 1 heterocycles. The number of carbonyl (C=O) groups excluding carboxylic acids is 1. The van der Waals surface area contributed by atoms with Crippen molar-refractivity contribution in [1.29, 1.82) is 5.26 Å². The Morgan fingerprint density at radius 3 is 2.94 bits per heavy atom. The molecule has 1 aliphatic rings. The first-order valence-electron chi connectivity index (χ1n) is 5.70. The predicted molar refractivity (Wildman–Crippen MR) is 63.7 cm³/mol. The van der Waals surface area contributed by atoms with Gasteiger partial charge in [0.05, 0.1) is 17.6 Å². The Hall–Kier alpha value is -1.86. The van der Waals surface area contributed by atoms with Gasteiger partial charge < -0.3 is 5.73 Å². The Balaban J connectivity index is 2.03. The Labute approximate surface area is 101 Å². The standard InChI is InChI=1S/C13H15N3O/c14-7-10-3-1-2-4-11(10)8-16-6-5-12(9-16)13(15)17/h1-4,12H,5-6,8-9H2,(H2,15,17). The fraction of sp³-hybridized carbons (Fsp3) is 0.385. The average molecular weight is 229 g/mol. The van der Waals surface area contributed by atoms with Gasteiger partial charge in [0.25, 0.3) is 0 Å². The summed E-state index contributed by atoms with van der Waals surface area (Å²) in [5, 5.41) is 8.99. The van der Waals surface area contributed by atoms with Gasteiger partial charge in [-0.15, -0.1) is 0 Å². The molecule has 4 nitrogen and oxygen atoms in total. The number of rotatable bonds is 3. The van der Waals surface area contributed by atoms with Crippen molar-refractivity contribution in [2.75, 3.05) is 13.1 Å². The number of nitrogens with zero attached hydrogens (tertiary/aromatic N) is 2. The molecule has 1 amide bonds. The van der Waals surface area contributed by atoms with E-state index in [1.807, 2.05) is 24.3 Å². The van der Waals surface area contributed by atoms with Gasteiger partial charge in [-0.25, -0.2) is 0 Å². The monoisotopic (exact) mass is 229 g/mol. The summed E-state index contributed by atoms with van der Waals surface area (Å²) in [6.45, 7) is 2.29. The third-order valence-electron chi connectivity index (χ3n) is 3.21. The molecule has 1 atom stereocenters. The first kappa shape index (κ1) is 11.6. The van der Waals surface area contributed by atoms with Crippen molar-refractivity contribution < 1.29 is 4.79 Å². The van der Waals surface area contributed by atoms with Crippen molar-refractivity contribution >= 4 is 5.91 Å². The van der Waals surface area contributed by atoms with E-state index in [1.54, 1.807) is 0 Å². The lowest BCUT2D eigenvalue weighted by atomic mass is 10.1. The van der Waals surface area contributed by atoms with E-state index in [0.29, 0.717) is 18.7 Å². The third kappa shape index (κ3) is 2.63. The lowest BCUT2D eigenvalue weighted by Gasteiger charge is -2.16. The van der Waals surface area contributed by atoms with Gasteiger partial charge in [-0.1, -0.05) is 18.2 Å². The van der Waals surface area contributed by atoms with Crippen LogP contribution in [0.2, 0.25) is 0 Å². The fourth-order valence-corrected chi connectivity index (χ4v) is 2.22. The lowest BCUT2D eigenvalue weighted by molar-refractivity contribution is -0.121. The number of benzene rings is 1. The molecule has 0 spiro atoms. The van der Waals surface area contributed by atoms with Crippen LogP contribution in [0.4, 0.5) is 0 Å². The second-order valence-corrected chi connectivity index (χ2v) is 4.39. The van der Waals surface area contributed by atoms with Crippen molar-refractivity contribution in [3.63, 3.8) is 0 Å². The molecule has 2 rings (SSSR count). The number of primary amides is 1. The normalized spacial score (nSPS) is 20.1. The number of likely N-dealkylation sites (tertiary alicyclic amines) is 1. The molecule has 2 N–H and O–H groups in total. The van der Waals surface area contributed by atoms with E-state index in [2.05, 4.69) is 11.0 Å². The average Bonchev–Trinajstić information content (AvgIpc) is 2.78. The summed E-state index contributed by atoms with van der Waals surface area (Å²) in [4.78, 5) is 13.2. The minimum absolute atomic E-state index is 0.0377. The number of hydrogen-bond acceptors (Lipinski definition) is 3. The predicted octanol–water partition coefficient (Wildman–Crippen LogP) is 0.865. The Bertz CT molecular complexity index is 464. The lowest BCUT2D eigenvalue weighted by Crippen LogP contribution is -2.27. The van der Waals surface area contributed by atoms with Crippen molar-refractivity contribution in [2.24, 2.45) is 11.7 Å². The minimum Gasteiger partial charge on any atom is -0.369 e. The second-order valence-electron chi connectivity index (χ2n) is 4.39. The van der Waals surface area contributed by atoms with E-state index in [1.165, 1.54) is 0 Å². The Kier molecular flexibility index (Phi) is 3.40. The summed E-state index contributed by atoms with van der Waals surface area (Å²) in [6.07, 6.45) is 0.823. The molecule has 1 aromatic rings. The van der Waals surface area contributed by atoms with Crippen molar-refractivity contribution in [3.8, 4) is 6.07 Å². The first-order chi connectivity index (χ1) is 8.20. The van der Waals surface area contributed by atoms with Crippen LogP contribution >= 0.6 is 0 Å². The SMILES string of the molecule is N#Cc1ccccc1CN1CCC(C(N)=O)C1. The van der Waals surface area contributed by atoms with Crippen LogP contribution in [0.25, 0.3) is 0 Å². The maximum atomic E-state index is 11.1. The van der Waals surface area contributed by atoms with E-state index < -0.39 is 0 Å². The molecule has 0 saturated carbocycles. The highest BCUT2D eigenvalue weighted by Crippen LogP contribution is 2.19. The van der Waals surface area contributed by atoms with Crippen LogP contribution in [-0.4, -0.2) is 23.9 Å². The Morgan fingerprint density at radius 1 is 1.53 bits per heavy atom. The van der Waals surface area contributed by atoms with Gasteiger partial charge in [-0.3, -0.25) is 9.69 Å². The van der Waals surface area contributed by atoms with Crippen LogP contribution in [0, 0.1) is 17.2 Å². The minimum atomic E-state index is -0.221. The molecule has 0 bridgehead atoms. The summed E-state index contributed by atoms with van der Waals surface area (Å²) in [7, 11) is 0. The smallest absolute Gasteiger partial charge is 0.221 e. The van der Waals surface area contributed by atoms with Crippen LogP contribution in [0.15, 0.2) is 24.3 Å². The zero-order valence-corrected chi connectivity index (χ0v) is 9.60. The number of nitriles is 1. The number of hydrogen-bond donors (Lipinski definition) is 1. The quantitative estimate of drug-likeness (QED) is 0.835. The van der Waals surface area contributed by atoms with E-state index in [9.17, 15) is 4.79 Å². The van der Waals surface area contributed by atoms with Crippen LogP contribution < -0.4 is 5.73 Å². The van der Waals surface area contributed by atoms with Crippen LogP contribution in [-0.2, 0) is 11.3 Å². The molecule has 1 unspecified atom stereocenters. The second kappa shape index (κ2) is 4.98. The summed E-state index contributed by atoms with van der Waals surface area (Å²) in [5.41, 5.74) is 7.01. The molecule has 4 heteroatoms. The molecule has 0 radical (unpaired) electrons. The molecule has 1 aliphatic heterocycles. The molecule has 17 heavy (non-hydrogen) atoms. The highest BCUT2D eigenvalue weighted by atomic mass is 16.1. The van der Waals surface area contributed by atoms with Crippen molar-refractivity contribution in [2.45, 2.75) is 13.0 Å². The van der Waals surface area contributed by atoms with Crippen LogP contribution in [0.3, 0.4) is 0 Å². The van der Waals surface area contributed by atoms with Gasteiger partial charge in [0, 0.05) is 13.1 Å². The van der Waals surface area contributed by atoms with Crippen molar-refractivity contribution in [1.82, 2.24) is 4.90 Å². The largest absolute Gasteiger partial charge is 0.369 e. The molecule has 88 valence electrons. The summed E-state index contributed by atoms with van der Waals surface area (Å²) < 4.78 is 0. The van der Waals surface area contributed by atoms with Crippen LogP contribution in [0.1, 0.15) is 17.5 Å². The van der Waals surface area contributed by atoms with Gasteiger partial charge in [-0.2, -0.15) is 5.26 Å². The van der Waals surface area contributed by atoms with Gasteiger partial charge in [0.15, 0.2) is 0 Å². The number of amides is 1. The molecular weight excluding hydrogens is 214 g/mol. The Morgan fingerprint density at radius 2 is 2.29 bits per heavy atom. The summed E-state index contributed by atoms with van der Waals surface area (Å²) in [5.74, 6) is -0.259. The molecule has 1 saturated heterocycles. The van der Waals surface area contributed by atoms with E-state index in [-0.39, 0.29) is 11.8 Å². The highest BCUT2D eigenvalue weighted by Gasteiger charge is 2.26. The van der Waals surface area contributed by atoms with Gasteiger partial charge >= 0.3 is 0 Å². The molecule has 0 aromatic heterocycles. The summed E-state index contributed by atoms with van der Waals surface area (Å²) >= 11 is 0. The van der Waals surface area contributed by atoms with Crippen LogP contribution in [0.5, 0.6) is 0 Å². The maximum Gasteiger partial charge on any atom is 0.221 e. The van der Waals surface area contributed by atoms with Crippen molar-refractivity contribution in [3.05, 3.63) is 35.4 Å². The van der Waals surface area contributed by atoms with Gasteiger partial charge in [0.1, 0.15) is 0 Å². The molecule has 1 fully saturated rings. The summed E-state index contributed by atoms with van der Waals surface area (Å²) in [6, 6.07) is 9.74. The molecule has 0 aliphatic carbocycles. The zero-order valence-electron chi connectivity index (χ0n) is 9.60. The molecule has 1 aromatic carbocycles. The van der Waals surface area contributed by atoms with E-state index >= 15 is 0 Å².